The predicted molar refractivity (Wildman–Crippen MR) is 481 cm³/mol. The van der Waals surface area contributed by atoms with Crippen LogP contribution in [-0.2, 0) is 114 Å². The fourth-order valence-electron chi connectivity index (χ4n) is 15.7. The van der Waals surface area contributed by atoms with Crippen molar-refractivity contribution in [2.45, 2.75) is 195 Å². The van der Waals surface area contributed by atoms with Crippen molar-refractivity contribution >= 4 is 123 Å². The number of likely N-dealkylation sites (tertiary alicyclic amines) is 2. The first kappa shape index (κ1) is 106. The number of aromatic nitrogens is 1. The molecule has 0 aliphatic carbocycles. The standard InChI is InChI=1S/C91H116F3N17O22S/c1-7-8-23-69(90(132)111-45-58(115)38-71(111)85(127)101-55(46-112)37-78(121)122)107(4)89(131)73(35-51-19-13-10-14-20-51)109(6)87(129)66(33-53-30-60(92)79(94)61(93)31-53)102-76(118)48-134-47-68(81(123)100-43-75(96)117)106-84(126)67(40-95)105-82(124)64(32-52-24-26-56(113)27-25-52)103-83(125)65(36-54-41-98-62-22-16-15-21-59(54)62)104-86(128)72-39-57(114)44-110(72)88(130)63(28-29-77(119)120)99-42-74(116)70(34-50-17-11-9-12-18-50)108(5)91(133)80(97)49(2)3/h9-22,24-27,30-31,41,46,49,55,57-58,63-73,80,98-99,113-115H,7-8,23,28-29,32-40,42-45,47-48,95,97H2,1-6H3,(H2,96,117)(H,100,123)(H,101,127)(H,102,118)(H,103,125)(H,104,128)(H,105,124)(H,106,126)(H,119,120)(H,121,122)/t55-,57+,58+,63-,64-,65-,66-,67-,68-,69-,70?,71+,72+,73-,80-/m0/s1. The van der Waals surface area contributed by atoms with E-state index in [0.717, 1.165) is 26.6 Å². The summed E-state index contributed by atoms with van der Waals surface area (Å²) in [6.45, 7) is 2.15. The van der Waals surface area contributed by atoms with Gasteiger partial charge < -0.3 is 114 Å². The van der Waals surface area contributed by atoms with Gasteiger partial charge in [0, 0.05) is 109 Å². The number of carbonyl (C=O) groups is 17. The lowest BCUT2D eigenvalue weighted by atomic mass is 9.98. The monoisotopic (exact) mass is 1890 g/mol. The number of phenols is 1. The second-order valence-corrected chi connectivity index (χ2v) is 34.5. The number of carbonyl (C=O) groups excluding carboxylic acids is 15. The first-order valence-electron chi connectivity index (χ1n) is 43.5. The number of primary amides is 1. The van der Waals surface area contributed by atoms with Crippen molar-refractivity contribution in [3.05, 3.63) is 173 Å². The molecule has 2 saturated heterocycles. The summed E-state index contributed by atoms with van der Waals surface area (Å²) < 4.78 is 44.7. The molecule has 8 rings (SSSR count). The Bertz CT molecular complexity index is 5160. The number of nitrogens with one attached hydrogen (secondary N) is 9. The van der Waals surface area contributed by atoms with Gasteiger partial charge in [0.15, 0.2) is 23.2 Å². The smallest absolute Gasteiger partial charge is 0.305 e. The number of H-pyrrole nitrogens is 1. The quantitative estimate of drug-likeness (QED) is 0.0155. The van der Waals surface area contributed by atoms with Gasteiger partial charge in [0.1, 0.15) is 66.4 Å². The molecule has 20 N–H and O–H groups in total. The van der Waals surface area contributed by atoms with Gasteiger partial charge in [-0.15, -0.1) is 11.8 Å². The normalized spacial score (nSPS) is 17.1. The molecule has 2 aliphatic rings. The van der Waals surface area contributed by atoms with E-state index in [1.807, 2.05) is 0 Å². The number of unbranched alkanes of at least 4 members (excludes halogenated alkanes) is 1. The van der Waals surface area contributed by atoms with Crippen molar-refractivity contribution in [1.29, 1.82) is 0 Å². The minimum atomic E-state index is -1.90. The summed E-state index contributed by atoms with van der Waals surface area (Å²) in [5.41, 5.74) is 19.9. The highest BCUT2D eigenvalue weighted by Gasteiger charge is 2.47. The van der Waals surface area contributed by atoms with Gasteiger partial charge in [0.05, 0.1) is 61.6 Å². The van der Waals surface area contributed by atoms with Crippen molar-refractivity contribution in [2.75, 3.05) is 65.4 Å². The minimum absolute atomic E-state index is 0.0210. The lowest BCUT2D eigenvalue weighted by Gasteiger charge is -2.37. The molecular formula is C91H116F3N17O22S. The molecule has 1 aromatic heterocycles. The predicted octanol–water partition coefficient (Wildman–Crippen LogP) is -1.35. The molecule has 724 valence electrons. The number of halogens is 3. The molecule has 3 heterocycles. The Morgan fingerprint density at radius 3 is 1.66 bits per heavy atom. The molecule has 2 aliphatic heterocycles. The molecule has 1 unspecified atom stereocenters. The fourth-order valence-corrected chi connectivity index (χ4v) is 16.5. The van der Waals surface area contributed by atoms with E-state index in [9.17, 15) is 87.5 Å². The third kappa shape index (κ3) is 30.1. The van der Waals surface area contributed by atoms with Gasteiger partial charge >= 0.3 is 11.9 Å². The second kappa shape index (κ2) is 50.6. The average Bonchev–Trinajstić information content (AvgIpc) is 1.11. The number of ketones is 1. The number of amides is 13. The van der Waals surface area contributed by atoms with Crippen LogP contribution in [0.3, 0.4) is 0 Å². The van der Waals surface area contributed by atoms with Crippen LogP contribution in [0.1, 0.15) is 100.0 Å². The number of likely N-dealkylation sites (N-methyl/N-ethyl adjacent to an activating group) is 3. The maximum Gasteiger partial charge on any atom is 0.305 e. The number of aromatic hydroxyl groups is 1. The van der Waals surface area contributed by atoms with Crippen molar-refractivity contribution < 1.29 is 120 Å². The molecule has 0 spiro atoms. The largest absolute Gasteiger partial charge is 0.508 e. The van der Waals surface area contributed by atoms with Gasteiger partial charge in [-0.25, -0.2) is 13.2 Å². The topological polar surface area (TPSA) is 598 Å². The number of aliphatic hydroxyl groups is 2. The fraction of sp³-hybridized carbons (Fsp3) is 0.462. The summed E-state index contributed by atoms with van der Waals surface area (Å²) in [6, 6.07) is 9.95. The Hall–Kier alpha value is -13.2. The van der Waals surface area contributed by atoms with E-state index in [1.165, 1.54) is 43.3 Å². The molecule has 0 saturated carbocycles. The molecule has 6 aromatic rings. The number of thioether (sulfide) groups is 1. The van der Waals surface area contributed by atoms with Crippen LogP contribution in [0.2, 0.25) is 0 Å². The third-order valence-electron chi connectivity index (χ3n) is 23.2. The third-order valence-corrected chi connectivity index (χ3v) is 24.2. The maximum absolute atomic E-state index is 15.3. The van der Waals surface area contributed by atoms with Gasteiger partial charge in [0.2, 0.25) is 76.8 Å². The first-order valence-corrected chi connectivity index (χ1v) is 44.6. The molecule has 2 fully saturated rings. The zero-order chi connectivity index (χ0) is 98.5. The van der Waals surface area contributed by atoms with E-state index in [2.05, 4.69) is 47.5 Å². The number of benzene rings is 5. The number of β-amino-alcohol motifs (C(OH)–C–C–N with tert-alkyl or cyclic N) is 2. The Morgan fingerprint density at radius 2 is 1.09 bits per heavy atom. The molecule has 134 heavy (non-hydrogen) atoms. The molecule has 39 nitrogen and oxygen atoms in total. The number of aliphatic carboxylic acids is 2. The van der Waals surface area contributed by atoms with Crippen LogP contribution in [0.4, 0.5) is 13.2 Å². The number of carboxylic acids is 2. The van der Waals surface area contributed by atoms with E-state index >= 15 is 32.8 Å². The first-order chi connectivity index (χ1) is 63.6. The molecule has 15 atom stereocenters. The van der Waals surface area contributed by atoms with Crippen molar-refractivity contribution in [3.8, 4) is 5.75 Å². The molecule has 5 aromatic carbocycles. The van der Waals surface area contributed by atoms with Crippen molar-refractivity contribution in [3.63, 3.8) is 0 Å². The van der Waals surface area contributed by atoms with E-state index in [1.54, 1.807) is 112 Å². The van der Waals surface area contributed by atoms with Crippen LogP contribution in [0.15, 0.2) is 128 Å². The van der Waals surface area contributed by atoms with Gasteiger partial charge in [-0.3, -0.25) is 82.0 Å². The Balaban J connectivity index is 1.02. The van der Waals surface area contributed by atoms with Crippen LogP contribution in [0, 0.1) is 23.4 Å². The summed E-state index contributed by atoms with van der Waals surface area (Å²) in [4.78, 5) is 246. The van der Waals surface area contributed by atoms with E-state index < -0.39 is 291 Å². The zero-order valence-corrected chi connectivity index (χ0v) is 75.6. The summed E-state index contributed by atoms with van der Waals surface area (Å²) in [5, 5.41) is 72.4. The summed E-state index contributed by atoms with van der Waals surface area (Å²) in [6.07, 6.45) is -4.73. The van der Waals surface area contributed by atoms with Crippen LogP contribution in [0.5, 0.6) is 5.75 Å². The molecule has 43 heteroatoms. The number of aliphatic hydroxyl groups excluding tert-OH is 2. The van der Waals surface area contributed by atoms with Crippen LogP contribution in [0.25, 0.3) is 10.9 Å². The van der Waals surface area contributed by atoms with Gasteiger partial charge in [-0.1, -0.05) is 125 Å². The Labute approximate surface area is 774 Å². The summed E-state index contributed by atoms with van der Waals surface area (Å²) >= 11 is 0.603. The molecule has 0 radical (unpaired) electrons. The van der Waals surface area contributed by atoms with Gasteiger partial charge in [-0.05, 0) is 83.3 Å². The number of Topliss-reactive ketones (excluding diaryl/α,β-unsaturated/α-hetero) is 1. The van der Waals surface area contributed by atoms with E-state index in [0.29, 0.717) is 64.3 Å². The number of fused-ring (bicyclic) bond motifs is 1. The minimum Gasteiger partial charge on any atom is -0.508 e. The SMILES string of the molecule is CCCC[C@@H](C(=O)N1C[C@H](O)C[C@@H]1C(=O)N[C@H](C=O)CC(=O)O)N(C)C(=O)[C@H](Cc1ccccc1)N(C)C(=O)[C@H](Cc1cc(F)c(F)c(F)c1)NC(=O)CSC[C@H](NC(=O)[C@H](CN)NC(=O)[C@H](Cc1ccc(O)cc1)NC(=O)[C@H](Cc1c[nH]c2ccccc12)NC(=O)[C@H]1C[C@@H](O)CN1C(=O)[C@H](CCC(=O)O)NCC(=O)C(Cc1ccccc1)N(C)C(=O)[C@@H](N)C(C)C)C(=O)NCC(N)=O. The second-order valence-electron chi connectivity index (χ2n) is 33.5. The van der Waals surface area contributed by atoms with Gasteiger partial charge in [0.25, 0.3) is 0 Å². The number of phenolic OH excluding ortho intramolecular Hbond substituents is 1. The van der Waals surface area contributed by atoms with Crippen molar-refractivity contribution in [1.82, 2.24) is 72.0 Å². The summed E-state index contributed by atoms with van der Waals surface area (Å²) in [7, 11) is 3.82. The Kier molecular flexibility index (Phi) is 40.1. The van der Waals surface area contributed by atoms with E-state index in [4.69, 9.17) is 17.2 Å². The van der Waals surface area contributed by atoms with Crippen LogP contribution < -0.4 is 59.7 Å². The number of aromatic amines is 1. The number of aldehydes is 1. The Morgan fingerprint density at radius 1 is 0.567 bits per heavy atom. The average molecular weight is 1890 g/mol. The van der Waals surface area contributed by atoms with Crippen LogP contribution in [-0.4, -0.2) is 312 Å². The highest BCUT2D eigenvalue weighted by Crippen LogP contribution is 2.28. The lowest BCUT2D eigenvalue weighted by molar-refractivity contribution is -0.152. The van der Waals surface area contributed by atoms with Crippen LogP contribution >= 0.6 is 11.8 Å². The number of carboxylic acid groups (broad SMARTS) is 2. The number of hydrogen-bond acceptors (Lipinski definition) is 24. The number of hydrogen-bond donors (Lipinski definition) is 17. The zero-order valence-electron chi connectivity index (χ0n) is 74.8. The van der Waals surface area contributed by atoms with E-state index in [-0.39, 0.29) is 55.6 Å². The highest BCUT2D eigenvalue weighted by molar-refractivity contribution is 8.00. The molecule has 13 amide bonds. The number of nitrogens with two attached hydrogens (primary N) is 3. The molecule has 0 bridgehead atoms. The molecular weight excluding hydrogens is 1770 g/mol. The van der Waals surface area contributed by atoms with Gasteiger partial charge in [-0.2, -0.15) is 0 Å². The maximum atomic E-state index is 15.3. The number of para-hydroxylation sites is 1. The number of rotatable bonds is 51. The highest BCUT2D eigenvalue weighted by atomic mass is 32.2. The number of nitrogens with zero attached hydrogens (tertiary/aromatic N) is 5. The lowest BCUT2D eigenvalue weighted by Crippen LogP contribution is -2.61. The van der Waals surface area contributed by atoms with Crippen molar-refractivity contribution in [2.24, 2.45) is 23.1 Å². The summed E-state index contributed by atoms with van der Waals surface area (Å²) in [5.74, 6) is -23.5.